The van der Waals surface area contributed by atoms with Gasteiger partial charge in [-0.05, 0) is 60.5 Å². The SMILES string of the molecule is COc1cc(/C=N/NC(=O)CSc2nnc(CNc3cccc(C)c3)n2-c2ccccc2)ccc1O. The molecule has 9 nitrogen and oxygen atoms in total. The number of hydrogen-bond donors (Lipinski definition) is 3. The topological polar surface area (TPSA) is 114 Å². The van der Waals surface area contributed by atoms with Crippen molar-refractivity contribution < 1.29 is 14.6 Å². The van der Waals surface area contributed by atoms with E-state index in [0.717, 1.165) is 17.2 Å². The van der Waals surface area contributed by atoms with Crippen LogP contribution in [0.5, 0.6) is 11.5 Å². The number of aryl methyl sites for hydroxylation is 1. The molecular formula is C26H26N6O3S. The van der Waals surface area contributed by atoms with E-state index >= 15 is 0 Å². The van der Waals surface area contributed by atoms with Crippen LogP contribution in [0.1, 0.15) is 17.0 Å². The van der Waals surface area contributed by atoms with Crippen LogP contribution < -0.4 is 15.5 Å². The van der Waals surface area contributed by atoms with E-state index in [2.05, 4.69) is 32.1 Å². The van der Waals surface area contributed by atoms with Crippen LogP contribution in [0.3, 0.4) is 0 Å². The molecule has 0 fully saturated rings. The predicted octanol–water partition coefficient (Wildman–Crippen LogP) is 4.14. The Morgan fingerprint density at radius 2 is 1.94 bits per heavy atom. The predicted molar refractivity (Wildman–Crippen MR) is 141 cm³/mol. The lowest BCUT2D eigenvalue weighted by Crippen LogP contribution is -2.20. The van der Waals surface area contributed by atoms with Gasteiger partial charge in [-0.15, -0.1) is 10.2 Å². The molecule has 3 aromatic carbocycles. The second kappa shape index (κ2) is 11.9. The summed E-state index contributed by atoms with van der Waals surface area (Å²) < 4.78 is 7.01. The summed E-state index contributed by atoms with van der Waals surface area (Å²) in [5.41, 5.74) is 6.25. The lowest BCUT2D eigenvalue weighted by Gasteiger charge is -2.11. The normalized spacial score (nSPS) is 10.9. The van der Waals surface area contributed by atoms with Crippen molar-refractivity contribution in [1.82, 2.24) is 20.2 Å². The molecule has 1 heterocycles. The number of anilines is 1. The van der Waals surface area contributed by atoms with Crippen LogP contribution in [0, 0.1) is 6.92 Å². The fourth-order valence-corrected chi connectivity index (χ4v) is 4.16. The highest BCUT2D eigenvalue weighted by molar-refractivity contribution is 7.99. The van der Waals surface area contributed by atoms with Gasteiger partial charge in [0.2, 0.25) is 0 Å². The minimum Gasteiger partial charge on any atom is -0.504 e. The van der Waals surface area contributed by atoms with Crippen molar-refractivity contribution in [2.75, 3.05) is 18.2 Å². The van der Waals surface area contributed by atoms with Gasteiger partial charge < -0.3 is 15.2 Å². The highest BCUT2D eigenvalue weighted by Gasteiger charge is 2.16. The quantitative estimate of drug-likeness (QED) is 0.170. The molecule has 0 atom stereocenters. The number of hydrazone groups is 1. The first-order valence-electron chi connectivity index (χ1n) is 11.2. The Hall–Kier alpha value is -4.31. The van der Waals surface area contributed by atoms with E-state index in [0.29, 0.717) is 23.0 Å². The lowest BCUT2D eigenvalue weighted by atomic mass is 10.2. The van der Waals surface area contributed by atoms with Crippen LogP contribution in [0.25, 0.3) is 5.69 Å². The Bertz CT molecular complexity index is 1360. The van der Waals surface area contributed by atoms with E-state index in [-0.39, 0.29) is 17.4 Å². The zero-order chi connectivity index (χ0) is 25.3. The Morgan fingerprint density at radius 1 is 1.11 bits per heavy atom. The largest absolute Gasteiger partial charge is 0.504 e. The fraction of sp³-hybridized carbons (Fsp3) is 0.154. The van der Waals surface area contributed by atoms with Gasteiger partial charge in [0.05, 0.1) is 25.6 Å². The van der Waals surface area contributed by atoms with Gasteiger partial charge in [-0.25, -0.2) is 5.43 Å². The maximum Gasteiger partial charge on any atom is 0.250 e. The highest BCUT2D eigenvalue weighted by Crippen LogP contribution is 2.25. The molecule has 4 rings (SSSR count). The molecule has 3 N–H and O–H groups in total. The summed E-state index contributed by atoms with van der Waals surface area (Å²) in [7, 11) is 1.47. The number of hydrogen-bond acceptors (Lipinski definition) is 8. The van der Waals surface area contributed by atoms with Crippen molar-refractivity contribution in [2.45, 2.75) is 18.6 Å². The monoisotopic (exact) mass is 502 g/mol. The Balaban J connectivity index is 1.41. The highest BCUT2D eigenvalue weighted by atomic mass is 32.2. The number of phenolic OH excluding ortho intramolecular Hbond substituents is 1. The van der Waals surface area contributed by atoms with E-state index in [1.807, 2.05) is 60.0 Å². The summed E-state index contributed by atoms with van der Waals surface area (Å²) in [6.45, 7) is 2.52. The van der Waals surface area contributed by atoms with E-state index in [1.165, 1.54) is 36.7 Å². The van der Waals surface area contributed by atoms with Gasteiger partial charge in [-0.1, -0.05) is 42.1 Å². The van der Waals surface area contributed by atoms with Crippen LogP contribution in [0.4, 0.5) is 5.69 Å². The molecule has 1 amide bonds. The summed E-state index contributed by atoms with van der Waals surface area (Å²) in [5.74, 6) is 0.903. The van der Waals surface area contributed by atoms with Crippen molar-refractivity contribution in [3.05, 3.63) is 89.7 Å². The Labute approximate surface area is 213 Å². The number of benzene rings is 3. The van der Waals surface area contributed by atoms with Crippen molar-refractivity contribution >= 4 is 29.6 Å². The summed E-state index contributed by atoms with van der Waals surface area (Å²) in [6, 6.07) is 22.7. The van der Waals surface area contributed by atoms with Crippen molar-refractivity contribution in [3.63, 3.8) is 0 Å². The fourth-order valence-electron chi connectivity index (χ4n) is 3.40. The van der Waals surface area contributed by atoms with E-state index in [9.17, 15) is 9.90 Å². The van der Waals surface area contributed by atoms with Crippen LogP contribution in [0.15, 0.2) is 83.1 Å². The average Bonchev–Trinajstić information content (AvgIpc) is 3.30. The van der Waals surface area contributed by atoms with Crippen LogP contribution in [-0.2, 0) is 11.3 Å². The molecule has 0 saturated carbocycles. The Kier molecular flexibility index (Phi) is 8.20. The molecule has 36 heavy (non-hydrogen) atoms. The minimum absolute atomic E-state index is 0.0334. The van der Waals surface area contributed by atoms with Gasteiger partial charge in [0.1, 0.15) is 0 Å². The third kappa shape index (κ3) is 6.42. The van der Waals surface area contributed by atoms with Crippen molar-refractivity contribution in [2.24, 2.45) is 5.10 Å². The first-order valence-corrected chi connectivity index (χ1v) is 12.1. The summed E-state index contributed by atoms with van der Waals surface area (Å²) >= 11 is 1.27. The molecule has 0 unspecified atom stereocenters. The molecule has 1 aromatic heterocycles. The maximum absolute atomic E-state index is 12.4. The average molecular weight is 503 g/mol. The summed E-state index contributed by atoms with van der Waals surface area (Å²) in [5, 5.41) is 26.4. The van der Waals surface area contributed by atoms with Gasteiger partial charge in [-0.3, -0.25) is 9.36 Å². The molecule has 0 aliphatic carbocycles. The number of amides is 1. The van der Waals surface area contributed by atoms with E-state index in [1.54, 1.807) is 12.1 Å². The van der Waals surface area contributed by atoms with Crippen molar-refractivity contribution in [1.29, 1.82) is 0 Å². The van der Waals surface area contributed by atoms with Crippen LogP contribution in [0.2, 0.25) is 0 Å². The third-order valence-electron chi connectivity index (χ3n) is 5.12. The first kappa shape index (κ1) is 24.8. The number of para-hydroxylation sites is 1. The molecule has 0 radical (unpaired) electrons. The van der Waals surface area contributed by atoms with Crippen molar-refractivity contribution in [3.8, 4) is 17.2 Å². The summed E-state index contributed by atoms with van der Waals surface area (Å²) in [6.07, 6.45) is 1.48. The molecule has 0 aliphatic heterocycles. The van der Waals surface area contributed by atoms with Crippen LogP contribution in [-0.4, -0.2) is 44.9 Å². The number of nitrogens with one attached hydrogen (secondary N) is 2. The molecule has 184 valence electrons. The number of aromatic hydroxyl groups is 1. The molecule has 0 saturated heterocycles. The van der Waals surface area contributed by atoms with E-state index < -0.39 is 0 Å². The zero-order valence-electron chi connectivity index (χ0n) is 19.9. The zero-order valence-corrected chi connectivity index (χ0v) is 20.7. The van der Waals surface area contributed by atoms with Gasteiger partial charge in [0.25, 0.3) is 5.91 Å². The number of rotatable bonds is 10. The summed E-state index contributed by atoms with van der Waals surface area (Å²) in [4.78, 5) is 12.4. The lowest BCUT2D eigenvalue weighted by molar-refractivity contribution is -0.118. The number of thioether (sulfide) groups is 1. The van der Waals surface area contributed by atoms with E-state index in [4.69, 9.17) is 4.74 Å². The standard InChI is InChI=1S/C26H26N6O3S/c1-18-7-6-8-20(13-18)27-16-24-29-31-26(32(24)21-9-4-3-5-10-21)36-17-25(34)30-28-15-19-11-12-22(33)23(14-19)35-2/h3-15,27,33H,16-17H2,1-2H3,(H,30,34)/b28-15+. The number of ether oxygens (including phenoxy) is 1. The maximum atomic E-state index is 12.4. The molecule has 0 spiro atoms. The third-order valence-corrected chi connectivity index (χ3v) is 6.05. The smallest absolute Gasteiger partial charge is 0.250 e. The number of nitrogens with zero attached hydrogens (tertiary/aromatic N) is 4. The number of phenols is 1. The second-order valence-corrected chi connectivity index (χ2v) is 8.75. The minimum atomic E-state index is -0.288. The number of aromatic nitrogens is 3. The molecule has 10 heteroatoms. The number of carbonyl (C=O) groups excluding carboxylic acids is 1. The van der Waals surface area contributed by atoms with Gasteiger partial charge in [0, 0.05) is 11.4 Å². The molecular weight excluding hydrogens is 476 g/mol. The first-order chi connectivity index (χ1) is 17.5. The second-order valence-electron chi connectivity index (χ2n) is 7.81. The number of carbonyl (C=O) groups is 1. The molecule has 0 bridgehead atoms. The molecule has 0 aliphatic rings. The van der Waals surface area contributed by atoms with Crippen LogP contribution >= 0.6 is 11.8 Å². The van der Waals surface area contributed by atoms with Gasteiger partial charge >= 0.3 is 0 Å². The number of methoxy groups -OCH3 is 1. The Morgan fingerprint density at radius 3 is 2.72 bits per heavy atom. The molecule has 4 aromatic rings. The van der Waals surface area contributed by atoms with Gasteiger partial charge in [-0.2, -0.15) is 5.10 Å². The van der Waals surface area contributed by atoms with Gasteiger partial charge in [0.15, 0.2) is 22.5 Å².